The van der Waals surface area contributed by atoms with Gasteiger partial charge in [-0.1, -0.05) is 23.5 Å². The average Bonchev–Trinajstić information content (AvgIpc) is 2.70. The number of anilines is 1. The van der Waals surface area contributed by atoms with E-state index in [0.717, 1.165) is 23.7 Å². The second-order valence-electron chi connectivity index (χ2n) is 4.42. The summed E-state index contributed by atoms with van der Waals surface area (Å²) in [6, 6.07) is 8.26. The van der Waals surface area contributed by atoms with Crippen molar-refractivity contribution < 1.29 is 0 Å². The first-order valence-electron chi connectivity index (χ1n) is 6.00. The summed E-state index contributed by atoms with van der Waals surface area (Å²) in [5.74, 6) is 0. The van der Waals surface area contributed by atoms with Crippen molar-refractivity contribution in [2.75, 3.05) is 32.5 Å². The van der Waals surface area contributed by atoms with Crippen LogP contribution in [0.15, 0.2) is 24.3 Å². The van der Waals surface area contributed by atoms with Gasteiger partial charge in [-0.15, -0.1) is 0 Å². The highest BCUT2D eigenvalue weighted by atomic mass is 32.1. The lowest BCUT2D eigenvalue weighted by Crippen LogP contribution is -2.14. The number of nitrogens with zero attached hydrogens (tertiary/aromatic N) is 2. The first-order chi connectivity index (χ1) is 8.25. The third kappa shape index (κ3) is 3.68. The highest BCUT2D eigenvalue weighted by Gasteiger charge is 2.01. The fourth-order valence-electron chi connectivity index (χ4n) is 1.70. The number of fused-ring (bicyclic) bond motifs is 1. The molecule has 1 aromatic carbocycles. The predicted octanol–water partition coefficient (Wildman–Crippen LogP) is 3.05. The van der Waals surface area contributed by atoms with Crippen molar-refractivity contribution in [3.05, 3.63) is 24.3 Å². The van der Waals surface area contributed by atoms with Gasteiger partial charge in [0.2, 0.25) is 0 Å². The van der Waals surface area contributed by atoms with Crippen LogP contribution in [-0.4, -0.2) is 37.1 Å². The summed E-state index contributed by atoms with van der Waals surface area (Å²) < 4.78 is 1.25. The van der Waals surface area contributed by atoms with E-state index in [1.54, 1.807) is 11.3 Å². The molecular formula is C13H19N3S. The Labute approximate surface area is 106 Å². The Morgan fingerprint density at radius 1 is 1.24 bits per heavy atom. The first-order valence-corrected chi connectivity index (χ1v) is 6.81. The molecule has 0 unspecified atom stereocenters. The molecule has 17 heavy (non-hydrogen) atoms. The predicted molar refractivity (Wildman–Crippen MR) is 75.9 cm³/mol. The topological polar surface area (TPSA) is 28.2 Å². The van der Waals surface area contributed by atoms with Gasteiger partial charge in [-0.2, -0.15) is 0 Å². The minimum Gasteiger partial charge on any atom is -0.361 e. The van der Waals surface area contributed by atoms with E-state index in [2.05, 4.69) is 47.5 Å². The SMILES string of the molecule is CN(C)CCCCNc1nc2ccccc2s1. The first kappa shape index (κ1) is 12.3. The zero-order valence-corrected chi connectivity index (χ0v) is 11.3. The molecule has 4 heteroatoms. The highest BCUT2D eigenvalue weighted by Crippen LogP contribution is 2.25. The molecule has 3 nitrogen and oxygen atoms in total. The number of benzene rings is 1. The summed E-state index contributed by atoms with van der Waals surface area (Å²) in [5.41, 5.74) is 1.09. The molecule has 92 valence electrons. The summed E-state index contributed by atoms with van der Waals surface area (Å²) in [4.78, 5) is 6.76. The van der Waals surface area contributed by atoms with Gasteiger partial charge in [-0.25, -0.2) is 4.98 Å². The van der Waals surface area contributed by atoms with Crippen LogP contribution in [0.2, 0.25) is 0 Å². The minimum atomic E-state index is 1.01. The van der Waals surface area contributed by atoms with Gasteiger partial charge in [0.25, 0.3) is 0 Å². The maximum atomic E-state index is 4.54. The summed E-state index contributed by atoms with van der Waals surface area (Å²) in [7, 11) is 4.22. The molecule has 1 N–H and O–H groups in total. The zero-order chi connectivity index (χ0) is 12.1. The van der Waals surface area contributed by atoms with E-state index < -0.39 is 0 Å². The third-order valence-electron chi connectivity index (χ3n) is 2.60. The van der Waals surface area contributed by atoms with Crippen molar-refractivity contribution in [1.82, 2.24) is 9.88 Å². The van der Waals surface area contributed by atoms with E-state index >= 15 is 0 Å². The number of aromatic nitrogens is 1. The van der Waals surface area contributed by atoms with E-state index in [9.17, 15) is 0 Å². The lowest BCUT2D eigenvalue weighted by atomic mass is 10.3. The molecule has 0 spiro atoms. The van der Waals surface area contributed by atoms with Crippen LogP contribution in [-0.2, 0) is 0 Å². The Morgan fingerprint density at radius 2 is 2.06 bits per heavy atom. The van der Waals surface area contributed by atoms with Gasteiger partial charge in [0, 0.05) is 6.54 Å². The Balaban J connectivity index is 1.79. The molecule has 0 amide bonds. The number of hydrogen-bond acceptors (Lipinski definition) is 4. The van der Waals surface area contributed by atoms with E-state index in [4.69, 9.17) is 0 Å². The fraction of sp³-hybridized carbons (Fsp3) is 0.462. The molecule has 0 radical (unpaired) electrons. The van der Waals surface area contributed by atoms with Crippen LogP contribution >= 0.6 is 11.3 Å². The number of para-hydroxylation sites is 1. The molecular weight excluding hydrogens is 230 g/mol. The van der Waals surface area contributed by atoms with Crippen molar-refractivity contribution in [2.24, 2.45) is 0 Å². The Hall–Kier alpha value is -1.13. The molecule has 0 atom stereocenters. The quantitative estimate of drug-likeness (QED) is 0.798. The van der Waals surface area contributed by atoms with Crippen LogP contribution in [0.25, 0.3) is 10.2 Å². The minimum absolute atomic E-state index is 1.01. The summed E-state index contributed by atoms with van der Waals surface area (Å²) >= 11 is 1.73. The summed E-state index contributed by atoms with van der Waals surface area (Å²) in [6.45, 7) is 2.16. The van der Waals surface area contributed by atoms with Crippen LogP contribution in [0.3, 0.4) is 0 Å². The largest absolute Gasteiger partial charge is 0.361 e. The van der Waals surface area contributed by atoms with Gasteiger partial charge in [-0.05, 0) is 45.6 Å². The molecule has 0 bridgehead atoms. The number of unbranched alkanes of at least 4 members (excludes halogenated alkanes) is 1. The number of hydrogen-bond donors (Lipinski definition) is 1. The van der Waals surface area contributed by atoms with Gasteiger partial charge in [0.1, 0.15) is 0 Å². The van der Waals surface area contributed by atoms with Crippen molar-refractivity contribution in [3.63, 3.8) is 0 Å². The number of nitrogens with one attached hydrogen (secondary N) is 1. The molecule has 0 saturated heterocycles. The molecule has 1 aromatic heterocycles. The van der Waals surface area contributed by atoms with E-state index in [1.807, 2.05) is 6.07 Å². The standard InChI is InChI=1S/C13H19N3S/c1-16(2)10-6-5-9-14-13-15-11-7-3-4-8-12(11)17-13/h3-4,7-8H,5-6,9-10H2,1-2H3,(H,14,15). The molecule has 2 rings (SSSR count). The van der Waals surface area contributed by atoms with Crippen molar-refractivity contribution in [3.8, 4) is 0 Å². The molecule has 0 aliphatic carbocycles. The second-order valence-corrected chi connectivity index (χ2v) is 5.45. The van der Waals surface area contributed by atoms with Gasteiger partial charge < -0.3 is 10.2 Å². The fourth-order valence-corrected chi connectivity index (χ4v) is 2.59. The van der Waals surface area contributed by atoms with Crippen LogP contribution in [0.5, 0.6) is 0 Å². The second kappa shape index (κ2) is 5.98. The van der Waals surface area contributed by atoms with Gasteiger partial charge >= 0.3 is 0 Å². The van der Waals surface area contributed by atoms with E-state index in [0.29, 0.717) is 0 Å². The Kier molecular flexibility index (Phi) is 4.34. The summed E-state index contributed by atoms with van der Waals surface area (Å²) in [6.07, 6.45) is 2.42. The van der Waals surface area contributed by atoms with Crippen molar-refractivity contribution in [2.45, 2.75) is 12.8 Å². The highest BCUT2D eigenvalue weighted by molar-refractivity contribution is 7.22. The third-order valence-corrected chi connectivity index (χ3v) is 3.60. The number of rotatable bonds is 6. The maximum Gasteiger partial charge on any atom is 0.183 e. The van der Waals surface area contributed by atoms with Gasteiger partial charge in [0.15, 0.2) is 5.13 Å². The molecule has 2 aromatic rings. The van der Waals surface area contributed by atoms with E-state index in [-0.39, 0.29) is 0 Å². The normalized spacial score (nSPS) is 11.2. The molecule has 0 saturated carbocycles. The molecule has 0 aliphatic heterocycles. The van der Waals surface area contributed by atoms with E-state index in [1.165, 1.54) is 17.5 Å². The lowest BCUT2D eigenvalue weighted by molar-refractivity contribution is 0.396. The smallest absolute Gasteiger partial charge is 0.183 e. The van der Waals surface area contributed by atoms with Gasteiger partial charge in [-0.3, -0.25) is 0 Å². The Morgan fingerprint density at radius 3 is 2.82 bits per heavy atom. The van der Waals surface area contributed by atoms with Crippen LogP contribution in [0, 0.1) is 0 Å². The number of thiazole rings is 1. The van der Waals surface area contributed by atoms with Crippen molar-refractivity contribution >= 4 is 26.7 Å². The van der Waals surface area contributed by atoms with Crippen LogP contribution < -0.4 is 5.32 Å². The zero-order valence-electron chi connectivity index (χ0n) is 10.4. The Bertz CT molecular complexity index is 431. The van der Waals surface area contributed by atoms with Crippen LogP contribution in [0.1, 0.15) is 12.8 Å². The molecule has 0 fully saturated rings. The van der Waals surface area contributed by atoms with Gasteiger partial charge in [0.05, 0.1) is 10.2 Å². The molecule has 1 heterocycles. The lowest BCUT2D eigenvalue weighted by Gasteiger charge is -2.08. The summed E-state index contributed by atoms with van der Waals surface area (Å²) in [5, 5.41) is 4.43. The average molecular weight is 249 g/mol. The molecule has 0 aliphatic rings. The maximum absolute atomic E-state index is 4.54. The van der Waals surface area contributed by atoms with Crippen LogP contribution in [0.4, 0.5) is 5.13 Å². The monoisotopic (exact) mass is 249 g/mol. The van der Waals surface area contributed by atoms with Crippen molar-refractivity contribution in [1.29, 1.82) is 0 Å².